The van der Waals surface area contributed by atoms with Gasteiger partial charge < -0.3 is 4.42 Å². The summed E-state index contributed by atoms with van der Waals surface area (Å²) in [6, 6.07) is 3.93. The molecule has 0 atom stereocenters. The third-order valence-electron chi connectivity index (χ3n) is 1.84. The van der Waals surface area contributed by atoms with Crippen LogP contribution in [0.25, 0.3) is 0 Å². The Labute approximate surface area is 70.6 Å². The average Bonchev–Trinajstić information content (AvgIpc) is 2.65. The van der Waals surface area contributed by atoms with Crippen LogP contribution in [0.4, 0.5) is 0 Å². The van der Waals surface area contributed by atoms with Gasteiger partial charge in [-0.25, -0.2) is 0 Å². The van der Waals surface area contributed by atoms with E-state index in [1.165, 1.54) is 0 Å². The molecule has 0 aliphatic rings. The first kappa shape index (κ1) is 7.16. The molecule has 0 aliphatic heterocycles. The molecule has 3 heteroatoms. The lowest BCUT2D eigenvalue weighted by Crippen LogP contribution is -2.01. The lowest BCUT2D eigenvalue weighted by Gasteiger charge is -2.00. The fraction of sp³-hybridized carbons (Fsp3) is 0.222. The molecular weight excluding hydrogens is 152 g/mol. The molecule has 0 saturated carbocycles. The van der Waals surface area contributed by atoms with Gasteiger partial charge >= 0.3 is 0 Å². The molecule has 2 heterocycles. The van der Waals surface area contributed by atoms with Crippen LogP contribution in [0.1, 0.15) is 11.3 Å². The summed E-state index contributed by atoms with van der Waals surface area (Å²) in [6.45, 7) is 2.82. The van der Waals surface area contributed by atoms with Crippen molar-refractivity contribution in [1.82, 2.24) is 9.78 Å². The van der Waals surface area contributed by atoms with Gasteiger partial charge in [-0.1, -0.05) is 0 Å². The molecule has 0 N–H and O–H groups in total. The van der Waals surface area contributed by atoms with Gasteiger partial charge in [-0.2, -0.15) is 5.10 Å². The van der Waals surface area contributed by atoms with E-state index in [1.54, 1.807) is 18.7 Å². The summed E-state index contributed by atoms with van der Waals surface area (Å²) in [5, 5.41) is 4.17. The van der Waals surface area contributed by atoms with E-state index in [2.05, 4.69) is 5.10 Å². The molecule has 62 valence electrons. The van der Waals surface area contributed by atoms with Crippen LogP contribution in [-0.2, 0) is 6.54 Å². The fourth-order valence-electron chi connectivity index (χ4n) is 1.12. The molecule has 0 radical (unpaired) electrons. The van der Waals surface area contributed by atoms with E-state index in [0.717, 1.165) is 17.8 Å². The summed E-state index contributed by atoms with van der Waals surface area (Å²) < 4.78 is 6.90. The number of hydrogen-bond donors (Lipinski definition) is 0. The zero-order valence-corrected chi connectivity index (χ0v) is 6.90. The van der Waals surface area contributed by atoms with Gasteiger partial charge in [0.15, 0.2) is 0 Å². The van der Waals surface area contributed by atoms with Gasteiger partial charge in [-0.15, -0.1) is 0 Å². The van der Waals surface area contributed by atoms with Crippen LogP contribution in [0.15, 0.2) is 35.3 Å². The minimum absolute atomic E-state index is 0.787. The predicted octanol–water partition coefficient (Wildman–Crippen LogP) is 1.83. The van der Waals surface area contributed by atoms with Crippen LogP contribution in [-0.4, -0.2) is 9.78 Å². The quantitative estimate of drug-likeness (QED) is 0.674. The Kier molecular flexibility index (Phi) is 1.70. The van der Waals surface area contributed by atoms with E-state index in [0.29, 0.717) is 0 Å². The normalized spacial score (nSPS) is 10.4. The molecule has 0 amide bonds. The van der Waals surface area contributed by atoms with Crippen molar-refractivity contribution in [3.8, 4) is 0 Å². The van der Waals surface area contributed by atoms with Crippen LogP contribution in [0.3, 0.4) is 0 Å². The molecule has 12 heavy (non-hydrogen) atoms. The first-order valence-electron chi connectivity index (χ1n) is 3.86. The molecular formula is C9H10N2O. The van der Waals surface area contributed by atoms with Crippen LogP contribution >= 0.6 is 0 Å². The summed E-state index contributed by atoms with van der Waals surface area (Å²) >= 11 is 0. The second-order valence-corrected chi connectivity index (χ2v) is 2.76. The number of aromatic nitrogens is 2. The lowest BCUT2D eigenvalue weighted by atomic mass is 10.3. The average molecular weight is 162 g/mol. The third-order valence-corrected chi connectivity index (χ3v) is 1.84. The maximum atomic E-state index is 4.96. The molecule has 2 rings (SSSR count). The fourth-order valence-corrected chi connectivity index (χ4v) is 1.12. The van der Waals surface area contributed by atoms with Gasteiger partial charge in [0.1, 0.15) is 0 Å². The SMILES string of the molecule is Cc1ccnn1Cc1ccoc1. The van der Waals surface area contributed by atoms with Crippen molar-refractivity contribution >= 4 is 0 Å². The van der Waals surface area contributed by atoms with Gasteiger partial charge in [0, 0.05) is 17.5 Å². The van der Waals surface area contributed by atoms with E-state index < -0.39 is 0 Å². The highest BCUT2D eigenvalue weighted by molar-refractivity contribution is 5.08. The number of nitrogens with zero attached hydrogens (tertiary/aromatic N) is 2. The summed E-state index contributed by atoms with van der Waals surface area (Å²) in [5.74, 6) is 0. The maximum absolute atomic E-state index is 4.96. The third kappa shape index (κ3) is 1.25. The van der Waals surface area contributed by atoms with Gasteiger partial charge in [0.05, 0.1) is 19.1 Å². The number of furan rings is 1. The van der Waals surface area contributed by atoms with Crippen molar-refractivity contribution in [3.63, 3.8) is 0 Å². The highest BCUT2D eigenvalue weighted by atomic mass is 16.3. The Morgan fingerprint density at radius 2 is 2.42 bits per heavy atom. The predicted molar refractivity (Wildman–Crippen MR) is 44.8 cm³/mol. The molecule has 0 bridgehead atoms. The molecule has 3 nitrogen and oxygen atoms in total. The standard InChI is InChI=1S/C9H10N2O/c1-8-2-4-10-11(8)6-9-3-5-12-7-9/h2-5,7H,6H2,1H3. The van der Waals surface area contributed by atoms with Crippen LogP contribution in [0, 0.1) is 6.92 Å². The van der Waals surface area contributed by atoms with Gasteiger partial charge in [-0.05, 0) is 19.1 Å². The molecule has 2 aromatic rings. The Balaban J connectivity index is 2.20. The van der Waals surface area contributed by atoms with Gasteiger partial charge in [0.25, 0.3) is 0 Å². The van der Waals surface area contributed by atoms with E-state index in [1.807, 2.05) is 23.7 Å². The van der Waals surface area contributed by atoms with E-state index in [-0.39, 0.29) is 0 Å². The van der Waals surface area contributed by atoms with Crippen molar-refractivity contribution in [2.75, 3.05) is 0 Å². The summed E-state index contributed by atoms with van der Waals surface area (Å²) in [6.07, 6.45) is 5.21. The minimum atomic E-state index is 0.787. The highest BCUT2D eigenvalue weighted by Gasteiger charge is 1.98. The Morgan fingerprint density at radius 3 is 3.00 bits per heavy atom. The second-order valence-electron chi connectivity index (χ2n) is 2.76. The summed E-state index contributed by atoms with van der Waals surface area (Å²) in [5.41, 5.74) is 2.30. The molecule has 0 fully saturated rings. The van der Waals surface area contributed by atoms with E-state index in [4.69, 9.17) is 4.42 Å². The highest BCUT2D eigenvalue weighted by Crippen LogP contribution is 2.04. The smallest absolute Gasteiger partial charge is 0.0953 e. The van der Waals surface area contributed by atoms with Crippen molar-refractivity contribution in [1.29, 1.82) is 0 Å². The van der Waals surface area contributed by atoms with Gasteiger partial charge in [-0.3, -0.25) is 4.68 Å². The van der Waals surface area contributed by atoms with Crippen LogP contribution in [0.2, 0.25) is 0 Å². The molecule has 0 saturated heterocycles. The molecule has 0 spiro atoms. The topological polar surface area (TPSA) is 31.0 Å². The molecule has 0 aromatic carbocycles. The molecule has 0 aliphatic carbocycles. The Morgan fingerprint density at radius 1 is 1.50 bits per heavy atom. The van der Waals surface area contributed by atoms with Crippen LogP contribution in [0.5, 0.6) is 0 Å². The van der Waals surface area contributed by atoms with Crippen molar-refractivity contribution in [2.45, 2.75) is 13.5 Å². The number of rotatable bonds is 2. The van der Waals surface area contributed by atoms with Crippen molar-refractivity contribution in [2.24, 2.45) is 0 Å². The number of aryl methyl sites for hydroxylation is 1. The number of hydrogen-bond acceptors (Lipinski definition) is 2. The second kappa shape index (κ2) is 2.85. The largest absolute Gasteiger partial charge is 0.472 e. The van der Waals surface area contributed by atoms with Gasteiger partial charge in [0.2, 0.25) is 0 Å². The zero-order valence-electron chi connectivity index (χ0n) is 6.90. The zero-order chi connectivity index (χ0) is 8.39. The first-order chi connectivity index (χ1) is 5.86. The van der Waals surface area contributed by atoms with Crippen molar-refractivity contribution < 1.29 is 4.42 Å². The van der Waals surface area contributed by atoms with Crippen molar-refractivity contribution in [3.05, 3.63) is 42.1 Å². The maximum Gasteiger partial charge on any atom is 0.0953 e. The summed E-state index contributed by atoms with van der Waals surface area (Å²) in [4.78, 5) is 0. The molecule has 0 unspecified atom stereocenters. The Bertz CT molecular complexity index is 348. The van der Waals surface area contributed by atoms with Crippen LogP contribution < -0.4 is 0 Å². The van der Waals surface area contributed by atoms with E-state index >= 15 is 0 Å². The first-order valence-corrected chi connectivity index (χ1v) is 3.86. The minimum Gasteiger partial charge on any atom is -0.472 e. The molecule has 2 aromatic heterocycles. The monoisotopic (exact) mass is 162 g/mol. The van der Waals surface area contributed by atoms with E-state index in [9.17, 15) is 0 Å². The Hall–Kier alpha value is -1.51. The lowest BCUT2D eigenvalue weighted by molar-refractivity contribution is 0.559. The summed E-state index contributed by atoms with van der Waals surface area (Å²) in [7, 11) is 0.